The normalized spacial score (nSPS) is 12.4. The zero-order chi connectivity index (χ0) is 59.2. The molecular weight excluding hydrogens is 1410 g/mol. The first-order valence-corrected chi connectivity index (χ1v) is 28.3. The topological polar surface area (TPSA) is 373 Å². The van der Waals surface area contributed by atoms with E-state index in [2.05, 4.69) is 43.8 Å². The monoisotopic (exact) mass is 1470 g/mol. The molecule has 0 amide bonds. The maximum absolute atomic E-state index is 11.6. The average Bonchev–Trinajstić information content (AvgIpc) is 2.86. The van der Waals surface area contributed by atoms with Crippen molar-refractivity contribution in [3.8, 4) is 45.3 Å². The molecule has 0 spiro atoms. The molecule has 0 saturated carbocycles. The van der Waals surface area contributed by atoms with Gasteiger partial charge in [-0.1, -0.05) is 78.1 Å². The minimum absolute atomic E-state index is 0. The van der Waals surface area contributed by atoms with E-state index in [1.165, 1.54) is 126 Å². The zero-order valence-corrected chi connectivity index (χ0v) is 53.0. The van der Waals surface area contributed by atoms with Crippen LogP contribution in [0.1, 0.15) is 153 Å². The number of pyridine rings is 6. The summed E-state index contributed by atoms with van der Waals surface area (Å²) in [4.78, 5) is 91.7. The summed E-state index contributed by atoms with van der Waals surface area (Å²) >= 11 is 0. The Morgan fingerprint density at radius 3 is 0.953 bits per heavy atom. The summed E-state index contributed by atoms with van der Waals surface area (Å²) in [6, 6.07) is 11.6. The summed E-state index contributed by atoms with van der Waals surface area (Å²) in [6.07, 6.45) is 22.6. The number of aromatic carboxylic acids is 6. The molecular formula is C56H58N6O18P2Ru3. The second-order valence-corrected chi connectivity index (χ2v) is 20.0. The number of rotatable bonds is 26. The van der Waals surface area contributed by atoms with Crippen molar-refractivity contribution in [1.82, 2.24) is 29.9 Å². The van der Waals surface area contributed by atoms with Gasteiger partial charge in [0.25, 0.3) is 0 Å². The van der Waals surface area contributed by atoms with E-state index in [0.717, 1.165) is 62.5 Å². The number of unbranched alkanes of at least 4 members (excludes halogenated alkanes) is 10. The number of aromatic nitrogens is 6. The first-order valence-electron chi connectivity index (χ1n) is 26.1. The van der Waals surface area contributed by atoms with E-state index in [9.17, 15) is 59.4 Å². The number of hydrogen-bond donors (Lipinski definition) is 0. The molecule has 8 heterocycles. The van der Waals surface area contributed by atoms with Crippen LogP contribution < -0.4 is 30.6 Å². The molecule has 0 N–H and O–H groups in total. The number of carbonyl (C=O) groups excluding carboxylic acids is 6. The Morgan fingerprint density at radius 1 is 0.388 bits per heavy atom. The van der Waals surface area contributed by atoms with Gasteiger partial charge in [-0.25, -0.2) is 0 Å². The SMILES string of the molecule is CCCCCCCCOP1OCCO1.CCCCCCCCOP1OCCO1.O=C([O-])c1ccnc(-c2nccc(C(=O)[O-])c2-c2cc(C(=O)[O-])ccn2)c1.O=C([O-])c1ccnc(-c2nccc(C(=O)[O-])c2-c2cc(C(=O)[O-])ccn2)c1.[Ru+2].[Ru+2].[Ru+2]. The van der Waals surface area contributed by atoms with Crippen LogP contribution in [0.2, 0.25) is 0 Å². The second kappa shape index (κ2) is 41.3. The fourth-order valence-electron chi connectivity index (χ4n) is 7.65. The Hall–Kier alpha value is -5.79. The smallest absolute Gasteiger partial charge is 0.545 e. The molecule has 2 aliphatic rings. The molecule has 0 bridgehead atoms. The van der Waals surface area contributed by atoms with Gasteiger partial charge in [0.15, 0.2) is 0 Å². The Bertz CT molecular complexity index is 2890. The fraction of sp³-hybridized carbons (Fsp3) is 0.357. The van der Waals surface area contributed by atoms with Crippen LogP contribution in [0, 0.1) is 0 Å². The van der Waals surface area contributed by atoms with Crippen LogP contribution >= 0.6 is 17.2 Å². The molecule has 2 fully saturated rings. The van der Waals surface area contributed by atoms with Crippen LogP contribution in [0.4, 0.5) is 0 Å². The van der Waals surface area contributed by atoms with Gasteiger partial charge in [0, 0.05) is 81.7 Å². The summed E-state index contributed by atoms with van der Waals surface area (Å²) < 4.78 is 31.7. The van der Waals surface area contributed by atoms with E-state index in [4.69, 9.17) is 27.1 Å². The second-order valence-electron chi connectivity index (χ2n) is 17.6. The first-order chi connectivity index (χ1) is 39.6. The molecule has 0 radical (unpaired) electrons. The van der Waals surface area contributed by atoms with Crippen molar-refractivity contribution in [1.29, 1.82) is 0 Å². The molecule has 24 nitrogen and oxygen atoms in total. The van der Waals surface area contributed by atoms with Crippen LogP contribution in [-0.4, -0.2) is 105 Å². The predicted molar refractivity (Wildman–Crippen MR) is 284 cm³/mol. The predicted octanol–water partition coefficient (Wildman–Crippen LogP) is 3.86. The number of carbonyl (C=O) groups is 6. The van der Waals surface area contributed by atoms with Gasteiger partial charge in [-0.2, -0.15) is 0 Å². The standard InChI is InChI=1S/2C18H11N3O6.2C10H21O3P.3Ru/c2*22-16(23)9-1-4-19-12(7-9)14-11(18(26)27)3-6-21-15(14)13-8-10(17(24)25)2-5-20-13;2*1-2-3-4-5-6-7-8-11-14-12-9-10-13-14;;;/h2*1-8H,(H,22,23)(H,24,25)(H,26,27);2*2-10H2,1H3;;;/q;;;;3*+2/p-6. The summed E-state index contributed by atoms with van der Waals surface area (Å²) in [6.45, 7) is 8.84. The van der Waals surface area contributed by atoms with Crippen molar-refractivity contribution >= 4 is 53.0 Å². The molecule has 0 atom stereocenters. The third kappa shape index (κ3) is 25.2. The van der Waals surface area contributed by atoms with E-state index in [-0.39, 0.29) is 137 Å². The molecule has 2 saturated heterocycles. The average molecular weight is 1470 g/mol. The van der Waals surface area contributed by atoms with Crippen LogP contribution in [0.15, 0.2) is 97.8 Å². The van der Waals surface area contributed by atoms with Crippen LogP contribution in [-0.2, 0) is 85.6 Å². The minimum atomic E-state index is -1.55. The van der Waals surface area contributed by atoms with E-state index >= 15 is 0 Å². The van der Waals surface area contributed by atoms with Gasteiger partial charge < -0.3 is 86.5 Å². The van der Waals surface area contributed by atoms with Gasteiger partial charge in [0.1, 0.15) is 0 Å². The molecule has 8 rings (SSSR count). The van der Waals surface area contributed by atoms with Gasteiger partial charge in [0.05, 0.1) is 110 Å². The molecule has 6 aromatic heterocycles. The van der Waals surface area contributed by atoms with E-state index in [1.807, 2.05) is 0 Å². The molecule has 2 aliphatic heterocycles. The van der Waals surface area contributed by atoms with Crippen molar-refractivity contribution in [3.63, 3.8) is 0 Å². The quantitative estimate of drug-likeness (QED) is 0.0422. The Kier molecular flexibility index (Phi) is 36.6. The summed E-state index contributed by atoms with van der Waals surface area (Å²) in [5.41, 5.74) is -1.60. The van der Waals surface area contributed by atoms with E-state index in [0.29, 0.717) is 26.4 Å². The zero-order valence-electron chi connectivity index (χ0n) is 46.0. The van der Waals surface area contributed by atoms with Gasteiger partial charge in [-0.3, -0.25) is 29.9 Å². The van der Waals surface area contributed by atoms with E-state index in [1.54, 1.807) is 0 Å². The maximum Gasteiger partial charge on any atom is 2.00 e. The molecule has 6 aromatic rings. The van der Waals surface area contributed by atoms with Crippen molar-refractivity contribution < 1.29 is 145 Å². The van der Waals surface area contributed by atoms with Gasteiger partial charge in [-0.15, -0.1) is 0 Å². The number of hydrogen-bond acceptors (Lipinski definition) is 24. The Balaban J connectivity index is 0.000000400. The van der Waals surface area contributed by atoms with E-state index < -0.39 is 53.0 Å². The third-order valence-corrected chi connectivity index (χ3v) is 14.0. The Morgan fingerprint density at radius 2 is 0.659 bits per heavy atom. The molecule has 29 heteroatoms. The first kappa shape index (κ1) is 75.3. The molecule has 0 aromatic carbocycles. The largest absolute Gasteiger partial charge is 2.00 e. The van der Waals surface area contributed by atoms with Crippen molar-refractivity contribution in [2.75, 3.05) is 39.6 Å². The van der Waals surface area contributed by atoms with Crippen molar-refractivity contribution in [2.45, 2.75) is 90.9 Å². The Labute approximate surface area is 531 Å². The van der Waals surface area contributed by atoms with Gasteiger partial charge in [0.2, 0.25) is 0 Å². The fourth-order valence-corrected chi connectivity index (χ4v) is 9.54. The van der Waals surface area contributed by atoms with Crippen molar-refractivity contribution in [2.24, 2.45) is 0 Å². The number of carboxylic acids is 6. The number of nitrogens with zero attached hydrogens (tertiary/aromatic N) is 6. The molecule has 454 valence electrons. The van der Waals surface area contributed by atoms with Crippen LogP contribution in [0.25, 0.3) is 45.3 Å². The molecule has 0 unspecified atom stereocenters. The van der Waals surface area contributed by atoms with Crippen LogP contribution in [0.5, 0.6) is 0 Å². The summed E-state index contributed by atoms with van der Waals surface area (Å²) in [5, 5.41) is 67.5. The summed E-state index contributed by atoms with van der Waals surface area (Å²) in [7, 11) is -1.95. The third-order valence-electron chi connectivity index (χ3n) is 11.7. The minimum Gasteiger partial charge on any atom is -0.545 e. The van der Waals surface area contributed by atoms with Crippen LogP contribution in [0.3, 0.4) is 0 Å². The summed E-state index contributed by atoms with van der Waals surface area (Å²) in [5.74, 6) is -8.95. The molecule has 0 aliphatic carbocycles. The van der Waals surface area contributed by atoms with Gasteiger partial charge >= 0.3 is 75.6 Å². The number of carboxylic acid groups (broad SMARTS) is 6. The maximum atomic E-state index is 11.6. The van der Waals surface area contributed by atoms with Crippen molar-refractivity contribution in [3.05, 3.63) is 131 Å². The van der Waals surface area contributed by atoms with Gasteiger partial charge in [-0.05, 0) is 73.5 Å². The molecule has 85 heavy (non-hydrogen) atoms.